The van der Waals surface area contributed by atoms with E-state index in [1.165, 1.54) is 0 Å². The van der Waals surface area contributed by atoms with Crippen LogP contribution < -0.4 is 35.3 Å². The van der Waals surface area contributed by atoms with Crippen LogP contribution in [0.5, 0.6) is 0 Å². The van der Waals surface area contributed by atoms with Crippen molar-refractivity contribution in [1.82, 2.24) is 0 Å². The average Bonchev–Trinajstić information content (AvgIpc) is 2.92. The third kappa shape index (κ3) is 161. The van der Waals surface area contributed by atoms with Gasteiger partial charge in [-0.3, -0.25) is 0 Å². The Morgan fingerprint density at radius 3 is 0.810 bits per heavy atom. The van der Waals surface area contributed by atoms with Crippen LogP contribution in [0.3, 0.4) is 0 Å². The number of phosphoric ester groups is 1. The van der Waals surface area contributed by atoms with Gasteiger partial charge in [-0.1, -0.05) is 108 Å². The maximum atomic E-state index is 9.79. The largest absolute Gasteiger partial charge is 4.00 e. The number of hydrogen-bond donors (Lipinski definition) is 0. The van der Waals surface area contributed by atoms with E-state index in [1.54, 1.807) is 13.8 Å². The number of hydrogen-bond acceptors (Lipinski definition) is 11. The molecule has 0 N–H and O–H groups in total. The van der Waals surface area contributed by atoms with Crippen LogP contribution in [-0.2, 0) is 61.6 Å². The number of rotatable bonds is 14. The van der Waals surface area contributed by atoms with Crippen LogP contribution in [-0.4, -0.2) is 52.9 Å². The van der Waals surface area contributed by atoms with E-state index in [4.69, 9.17) is 9.05 Å². The summed E-state index contributed by atoms with van der Waals surface area (Å²) in [5, 5.41) is 46.5. The van der Waals surface area contributed by atoms with Crippen LogP contribution in [0.4, 0.5) is 0 Å². The topological polar surface area (TPSA) is 206 Å². The Balaban J connectivity index is -0.0000000452. The SMILES string of the molecule is CC(C)COP(=O)([O-])[O-].CC(C)CO[P-]OCC(C)C.CCC[O-].CCC[O-].CCC[O-].CCC[O-].CCC[O-].[Ti+4].[Ti+4]. The monoisotopic (exact) mass is 720 g/mol. The van der Waals surface area contributed by atoms with Crippen molar-refractivity contribution < 1.29 is 96.9 Å². The zero-order chi connectivity index (χ0) is 33.3. The predicted octanol–water partition coefficient (Wildman–Crippen LogP) is 1.37. The molecule has 0 amide bonds. The molecular weight excluding hydrogens is 658 g/mol. The van der Waals surface area contributed by atoms with Crippen LogP contribution >= 0.6 is 16.9 Å². The summed E-state index contributed by atoms with van der Waals surface area (Å²) >= 11 is 0. The first kappa shape index (κ1) is 66.2. The third-order valence-electron chi connectivity index (χ3n) is 2.51. The van der Waals surface area contributed by atoms with Gasteiger partial charge in [0.15, 0.2) is 0 Å². The van der Waals surface area contributed by atoms with Gasteiger partial charge < -0.3 is 53.5 Å². The predicted molar refractivity (Wildman–Crippen MR) is 153 cm³/mol. The van der Waals surface area contributed by atoms with E-state index in [0.29, 0.717) is 20.9 Å². The van der Waals surface area contributed by atoms with Crippen LogP contribution in [0.25, 0.3) is 0 Å². The molecule has 0 saturated carbocycles. The van der Waals surface area contributed by atoms with Gasteiger partial charge in [0.25, 0.3) is 0 Å². The second-order valence-corrected chi connectivity index (χ2v) is 10.9. The maximum absolute atomic E-state index is 9.79. The molecule has 0 heterocycles. The fraction of sp³-hybridized carbons (Fsp3) is 1.00. The Morgan fingerprint density at radius 2 is 0.714 bits per heavy atom. The molecule has 0 spiro atoms. The molecule has 0 aromatic heterocycles. The molecule has 254 valence electrons. The minimum absolute atomic E-state index is 0. The summed E-state index contributed by atoms with van der Waals surface area (Å²) in [5.74, 6) is 1.25. The van der Waals surface area contributed by atoms with Crippen molar-refractivity contribution in [2.24, 2.45) is 17.8 Å². The Labute approximate surface area is 291 Å². The van der Waals surface area contributed by atoms with E-state index in [2.05, 4.69) is 32.2 Å². The summed E-state index contributed by atoms with van der Waals surface area (Å²) in [5.41, 5.74) is 0. The fourth-order valence-corrected chi connectivity index (χ4v) is 1.91. The molecule has 11 nitrogen and oxygen atoms in total. The van der Waals surface area contributed by atoms with Crippen LogP contribution in [0.1, 0.15) is 108 Å². The first-order valence-corrected chi connectivity index (χ1v) is 16.3. The Kier molecular flexibility index (Phi) is 103. The Morgan fingerprint density at radius 1 is 0.524 bits per heavy atom. The molecule has 0 unspecified atom stereocenters. The molecule has 0 aliphatic rings. The molecule has 0 rings (SSSR count). The summed E-state index contributed by atoms with van der Waals surface area (Å²) in [6, 6.07) is 0. The first-order chi connectivity index (χ1) is 18.6. The standard InChI is InChI=1S/C8H18O2P.C4H11O4P.5C3H7O.2Ti/c1-7(2)5-9-11-10-6-8(3)4;1-4(2)3-8-9(5,6)7;5*1-2-3-4;;/h7-8H,5-6H2,1-4H3;4H,3H2,1-2H3,(H2,5,6,7);5*2-3H2,1H3;;/q-1;;5*-1;2*+4/p-2. The van der Waals surface area contributed by atoms with E-state index in [0.717, 1.165) is 45.3 Å². The third-order valence-corrected chi connectivity index (χ3v) is 3.48. The van der Waals surface area contributed by atoms with Gasteiger partial charge in [0.1, 0.15) is 0 Å². The molecule has 0 fully saturated rings. The summed E-state index contributed by atoms with van der Waals surface area (Å²) in [6.45, 7) is 23.2. The van der Waals surface area contributed by atoms with Crippen molar-refractivity contribution in [3.05, 3.63) is 0 Å². The summed E-state index contributed by atoms with van der Waals surface area (Å²) in [6.07, 6.45) is 3.82. The van der Waals surface area contributed by atoms with Crippen molar-refractivity contribution in [3.8, 4) is 0 Å². The summed E-state index contributed by atoms with van der Waals surface area (Å²) in [7, 11) is -4.06. The molecule has 0 bridgehead atoms. The van der Waals surface area contributed by atoms with Crippen LogP contribution in [0.2, 0.25) is 0 Å². The fourth-order valence-electron chi connectivity index (χ4n) is 0.637. The average molecular weight is 720 g/mol. The van der Waals surface area contributed by atoms with Gasteiger partial charge in [0.2, 0.25) is 0 Å². The summed E-state index contributed by atoms with van der Waals surface area (Å²) < 4.78 is 24.1. The van der Waals surface area contributed by atoms with Crippen molar-refractivity contribution in [2.45, 2.75) is 108 Å². The van der Waals surface area contributed by atoms with Crippen molar-refractivity contribution in [1.29, 1.82) is 0 Å². The van der Waals surface area contributed by atoms with E-state index in [1.807, 2.05) is 34.6 Å². The molecule has 0 aliphatic carbocycles. The maximum Gasteiger partial charge on any atom is 4.00 e. The van der Waals surface area contributed by atoms with Crippen molar-refractivity contribution >= 4 is 16.9 Å². The molecular formula is C27H62O11P2Ti2. The number of phosphoric acid groups is 1. The van der Waals surface area contributed by atoms with E-state index in [9.17, 15) is 39.9 Å². The van der Waals surface area contributed by atoms with Crippen LogP contribution in [0.15, 0.2) is 0 Å². The minimum atomic E-state index is -4.72. The van der Waals surface area contributed by atoms with E-state index < -0.39 is 7.82 Å². The van der Waals surface area contributed by atoms with E-state index >= 15 is 0 Å². The zero-order valence-corrected chi connectivity index (χ0v) is 33.2. The van der Waals surface area contributed by atoms with Crippen LogP contribution in [0, 0.1) is 17.8 Å². The second kappa shape index (κ2) is 65.4. The molecule has 42 heavy (non-hydrogen) atoms. The molecule has 0 atom stereocenters. The molecule has 0 aromatic rings. The van der Waals surface area contributed by atoms with Gasteiger partial charge in [-0.05, 0) is 17.8 Å². The molecule has 0 saturated heterocycles. The van der Waals surface area contributed by atoms with Gasteiger partial charge in [-0.2, -0.15) is 0 Å². The Bertz CT molecular complexity index is 367. The molecule has 0 aliphatic heterocycles. The van der Waals surface area contributed by atoms with E-state index in [-0.39, 0.29) is 89.0 Å². The first-order valence-electron chi connectivity index (χ1n) is 14.1. The minimum Gasteiger partial charge on any atom is -0.854 e. The Hall–Kier alpha value is 1.69. The smallest absolute Gasteiger partial charge is 0.854 e. The molecule has 0 radical (unpaired) electrons. The molecule has 15 heteroatoms. The van der Waals surface area contributed by atoms with Gasteiger partial charge >= 0.3 is 43.4 Å². The van der Waals surface area contributed by atoms with Crippen molar-refractivity contribution in [2.75, 3.05) is 52.9 Å². The zero-order valence-electron chi connectivity index (χ0n) is 28.3. The second-order valence-electron chi connectivity index (χ2n) is 9.11. The van der Waals surface area contributed by atoms with Gasteiger partial charge in [-0.15, -0.1) is 33.0 Å². The normalized spacial score (nSPS) is 9.26. The molecule has 0 aromatic carbocycles. The summed E-state index contributed by atoms with van der Waals surface area (Å²) in [4.78, 5) is 19.6. The van der Waals surface area contributed by atoms with Gasteiger partial charge in [-0.25, -0.2) is 9.03 Å². The quantitative estimate of drug-likeness (QED) is 0.142. The van der Waals surface area contributed by atoms with Crippen molar-refractivity contribution in [3.63, 3.8) is 0 Å². The van der Waals surface area contributed by atoms with Gasteiger partial charge in [0.05, 0.1) is 14.4 Å². The van der Waals surface area contributed by atoms with Gasteiger partial charge in [0, 0.05) is 13.2 Å².